The van der Waals surface area contributed by atoms with Crippen molar-refractivity contribution in [3.8, 4) is 17.2 Å². The Balaban J connectivity index is 1.42. The van der Waals surface area contributed by atoms with Gasteiger partial charge in [-0.15, -0.1) is 0 Å². The number of amidine groups is 1. The van der Waals surface area contributed by atoms with E-state index in [1.165, 1.54) is 37.4 Å². The van der Waals surface area contributed by atoms with Gasteiger partial charge < -0.3 is 24.6 Å². The summed E-state index contributed by atoms with van der Waals surface area (Å²) >= 11 is 0. The lowest BCUT2D eigenvalue weighted by Gasteiger charge is -2.36. The van der Waals surface area contributed by atoms with Crippen LogP contribution in [0.4, 0.5) is 33.7 Å². The Morgan fingerprint density at radius 1 is 0.973 bits per heavy atom. The molecule has 37 heavy (non-hydrogen) atoms. The zero-order valence-corrected chi connectivity index (χ0v) is 19.7. The number of hydrogen-bond acceptors (Lipinski definition) is 5. The molecule has 0 spiro atoms. The van der Waals surface area contributed by atoms with E-state index in [2.05, 4.69) is 10.3 Å². The average molecular weight is 514 g/mol. The largest absolute Gasteiger partial charge is 0.497 e. The molecule has 3 aromatic carbocycles. The van der Waals surface area contributed by atoms with Gasteiger partial charge in [-0.2, -0.15) is 13.2 Å². The Kier molecular flexibility index (Phi) is 6.36. The molecule has 1 N–H and O–H groups in total. The van der Waals surface area contributed by atoms with Gasteiger partial charge in [-0.05, 0) is 60.7 Å². The summed E-state index contributed by atoms with van der Waals surface area (Å²) in [6.45, 7) is 1.42. The van der Waals surface area contributed by atoms with Crippen LogP contribution in [0.25, 0.3) is 0 Å². The van der Waals surface area contributed by atoms with Crippen molar-refractivity contribution in [2.24, 2.45) is 4.99 Å². The minimum Gasteiger partial charge on any atom is -0.497 e. The summed E-state index contributed by atoms with van der Waals surface area (Å²) in [5.74, 6) is 1.18. The second kappa shape index (κ2) is 9.64. The zero-order valence-electron chi connectivity index (χ0n) is 19.7. The van der Waals surface area contributed by atoms with E-state index in [4.69, 9.17) is 9.47 Å². The lowest BCUT2D eigenvalue weighted by atomic mass is 10.1. The number of methoxy groups -OCH3 is 1. The van der Waals surface area contributed by atoms with Crippen molar-refractivity contribution in [3.63, 3.8) is 0 Å². The maximum absolute atomic E-state index is 13.4. The van der Waals surface area contributed by atoms with Gasteiger partial charge in [0.05, 0.1) is 18.2 Å². The second-order valence-corrected chi connectivity index (χ2v) is 8.49. The van der Waals surface area contributed by atoms with E-state index in [9.17, 15) is 22.4 Å². The Labute approximate surface area is 209 Å². The molecule has 0 aliphatic carbocycles. The molecule has 2 aliphatic rings. The van der Waals surface area contributed by atoms with E-state index >= 15 is 0 Å². The summed E-state index contributed by atoms with van der Waals surface area (Å²) in [4.78, 5) is 20.8. The first-order valence-electron chi connectivity index (χ1n) is 11.4. The maximum Gasteiger partial charge on any atom is 0.416 e. The molecule has 0 radical (unpaired) electrons. The SMILES string of the molecule is COc1ccc2c(c1)C(N1CCN(C(=O)Nc3ccc(F)cc3)CC1)=Nc1cc(C(F)(F)F)ccc1O2. The normalized spacial score (nSPS) is 15.1. The Hall–Kier alpha value is -4.28. The number of piperazine rings is 1. The van der Waals surface area contributed by atoms with E-state index in [1.54, 1.807) is 23.1 Å². The van der Waals surface area contributed by atoms with Crippen molar-refractivity contribution < 1.29 is 31.8 Å². The highest BCUT2D eigenvalue weighted by molar-refractivity contribution is 6.04. The number of amides is 2. The molecule has 2 amide bonds. The number of hydrogen-bond donors (Lipinski definition) is 1. The van der Waals surface area contributed by atoms with Gasteiger partial charge >= 0.3 is 12.2 Å². The fraction of sp³-hybridized carbons (Fsp3) is 0.231. The predicted octanol–water partition coefficient (Wildman–Crippen LogP) is 5.89. The van der Waals surface area contributed by atoms with Crippen molar-refractivity contribution >= 4 is 23.2 Å². The monoisotopic (exact) mass is 514 g/mol. The van der Waals surface area contributed by atoms with Crippen LogP contribution < -0.4 is 14.8 Å². The van der Waals surface area contributed by atoms with Gasteiger partial charge in [0.1, 0.15) is 28.8 Å². The fourth-order valence-corrected chi connectivity index (χ4v) is 4.16. The molecule has 0 saturated carbocycles. The number of alkyl halides is 3. The maximum atomic E-state index is 13.4. The molecule has 0 unspecified atom stereocenters. The topological polar surface area (TPSA) is 66.4 Å². The molecule has 11 heteroatoms. The third-order valence-electron chi connectivity index (χ3n) is 6.12. The summed E-state index contributed by atoms with van der Waals surface area (Å²) in [6, 6.07) is 13.4. The van der Waals surface area contributed by atoms with Crippen molar-refractivity contribution in [2.45, 2.75) is 6.18 Å². The number of carbonyl (C=O) groups excluding carboxylic acids is 1. The fourth-order valence-electron chi connectivity index (χ4n) is 4.16. The molecule has 0 bridgehead atoms. The van der Waals surface area contributed by atoms with Crippen LogP contribution in [-0.4, -0.2) is 55.0 Å². The molecule has 1 fully saturated rings. The lowest BCUT2D eigenvalue weighted by Crippen LogP contribution is -2.51. The number of nitrogens with one attached hydrogen (secondary N) is 1. The molecule has 192 valence electrons. The number of ether oxygens (including phenoxy) is 2. The van der Waals surface area contributed by atoms with Crippen molar-refractivity contribution in [2.75, 3.05) is 38.6 Å². The van der Waals surface area contributed by atoms with Crippen LogP contribution in [0, 0.1) is 5.82 Å². The van der Waals surface area contributed by atoms with Gasteiger partial charge in [0, 0.05) is 31.9 Å². The highest BCUT2D eigenvalue weighted by atomic mass is 19.4. The molecule has 1 saturated heterocycles. The van der Waals surface area contributed by atoms with Crippen molar-refractivity contribution in [1.82, 2.24) is 9.80 Å². The first-order valence-corrected chi connectivity index (χ1v) is 11.4. The molecular weight excluding hydrogens is 492 g/mol. The highest BCUT2D eigenvalue weighted by Crippen LogP contribution is 2.42. The number of benzene rings is 3. The van der Waals surface area contributed by atoms with Crippen LogP contribution in [0.1, 0.15) is 11.1 Å². The molecule has 2 aliphatic heterocycles. The Morgan fingerprint density at radius 2 is 1.68 bits per heavy atom. The number of halogens is 4. The standard InChI is InChI=1S/C26H22F4N4O3/c1-36-19-7-9-22-20(15-19)24(32-21-14-16(26(28,29)30)2-8-23(21)37-22)33-10-12-34(13-11-33)25(35)31-18-5-3-17(27)4-6-18/h2-9,14-15H,10-13H2,1H3,(H,31,35). The van der Waals surface area contributed by atoms with E-state index in [0.29, 0.717) is 54.8 Å². The summed E-state index contributed by atoms with van der Waals surface area (Å²) in [5, 5.41) is 2.74. The second-order valence-electron chi connectivity index (χ2n) is 8.49. The molecule has 7 nitrogen and oxygen atoms in total. The smallest absolute Gasteiger partial charge is 0.416 e. The van der Waals surface area contributed by atoms with Gasteiger partial charge in [0.25, 0.3) is 0 Å². The van der Waals surface area contributed by atoms with Gasteiger partial charge in [-0.1, -0.05) is 0 Å². The number of anilines is 1. The molecule has 0 atom stereocenters. The molecular formula is C26H22F4N4O3. The third-order valence-corrected chi connectivity index (χ3v) is 6.12. The summed E-state index contributed by atoms with van der Waals surface area (Å²) in [7, 11) is 1.51. The third kappa shape index (κ3) is 5.16. The Bertz CT molecular complexity index is 1350. The van der Waals surface area contributed by atoms with Gasteiger partial charge in [0.2, 0.25) is 0 Å². The molecule has 0 aromatic heterocycles. The first kappa shape index (κ1) is 24.4. The van der Waals surface area contributed by atoms with Crippen LogP contribution in [0.3, 0.4) is 0 Å². The van der Waals surface area contributed by atoms with Gasteiger partial charge in [-0.3, -0.25) is 0 Å². The van der Waals surface area contributed by atoms with Crippen LogP contribution in [-0.2, 0) is 6.18 Å². The number of aliphatic imine (C=N–C) groups is 1. The van der Waals surface area contributed by atoms with Crippen molar-refractivity contribution in [1.29, 1.82) is 0 Å². The quantitative estimate of drug-likeness (QED) is 0.434. The van der Waals surface area contributed by atoms with Crippen LogP contribution in [0.15, 0.2) is 65.7 Å². The molecule has 5 rings (SSSR count). The van der Waals surface area contributed by atoms with Crippen LogP contribution >= 0.6 is 0 Å². The first-order chi connectivity index (χ1) is 17.7. The number of urea groups is 1. The summed E-state index contributed by atoms with van der Waals surface area (Å²) in [5.41, 5.74) is 0.255. The van der Waals surface area contributed by atoms with Crippen molar-refractivity contribution in [3.05, 3.63) is 77.6 Å². The number of nitrogens with zero attached hydrogens (tertiary/aromatic N) is 3. The summed E-state index contributed by atoms with van der Waals surface area (Å²) < 4.78 is 64.6. The van der Waals surface area contributed by atoms with Crippen LogP contribution in [0.5, 0.6) is 17.2 Å². The number of fused-ring (bicyclic) bond motifs is 2. The zero-order chi connectivity index (χ0) is 26.2. The van der Waals surface area contributed by atoms with E-state index < -0.39 is 17.6 Å². The Morgan fingerprint density at radius 3 is 2.35 bits per heavy atom. The van der Waals surface area contributed by atoms with Crippen LogP contribution in [0.2, 0.25) is 0 Å². The number of carbonyl (C=O) groups is 1. The summed E-state index contributed by atoms with van der Waals surface area (Å²) in [6.07, 6.45) is -4.53. The average Bonchev–Trinajstić information content (AvgIpc) is 3.05. The minimum absolute atomic E-state index is 0.0523. The molecule has 2 heterocycles. The predicted molar refractivity (Wildman–Crippen MR) is 129 cm³/mol. The molecule has 3 aromatic rings. The van der Waals surface area contributed by atoms with Gasteiger partial charge in [0.15, 0.2) is 5.75 Å². The van der Waals surface area contributed by atoms with E-state index in [1.807, 2.05) is 4.90 Å². The van der Waals surface area contributed by atoms with E-state index in [-0.39, 0.29) is 17.5 Å². The highest BCUT2D eigenvalue weighted by Gasteiger charge is 2.33. The number of rotatable bonds is 2. The van der Waals surface area contributed by atoms with E-state index in [0.717, 1.165) is 12.1 Å². The minimum atomic E-state index is -4.53. The lowest BCUT2D eigenvalue weighted by molar-refractivity contribution is -0.137. The van der Waals surface area contributed by atoms with Gasteiger partial charge in [-0.25, -0.2) is 14.2 Å².